The maximum Gasteiger partial charge on any atom is 0.133 e. The second-order valence-corrected chi connectivity index (χ2v) is 4.37. The van der Waals surface area contributed by atoms with E-state index in [9.17, 15) is 0 Å². The second-order valence-electron chi connectivity index (χ2n) is 4.37. The average molecular weight is 257 g/mol. The minimum atomic E-state index is 0.422. The van der Waals surface area contributed by atoms with Gasteiger partial charge in [0.15, 0.2) is 0 Å². The third kappa shape index (κ3) is 3.16. The lowest BCUT2D eigenvalue weighted by Gasteiger charge is -2.12. The number of unbranched alkanes of at least 4 members (excludes halogenated alkanes) is 1. The summed E-state index contributed by atoms with van der Waals surface area (Å²) in [7, 11) is 0. The van der Waals surface area contributed by atoms with E-state index in [1.165, 1.54) is 0 Å². The van der Waals surface area contributed by atoms with E-state index >= 15 is 0 Å². The van der Waals surface area contributed by atoms with Gasteiger partial charge < -0.3 is 16.2 Å². The van der Waals surface area contributed by atoms with Crippen LogP contribution in [0.4, 0.5) is 11.6 Å². The number of hydrogen-bond acceptors (Lipinski definition) is 4. The zero-order valence-electron chi connectivity index (χ0n) is 11.1. The summed E-state index contributed by atoms with van der Waals surface area (Å²) in [6, 6.07) is 11.4. The number of nitrogen functional groups attached to an aromatic ring is 2. The molecule has 2 aromatic rings. The predicted molar refractivity (Wildman–Crippen MR) is 78.9 cm³/mol. The summed E-state index contributed by atoms with van der Waals surface area (Å²) in [5, 5.41) is 0. The standard InChI is InChI=1S/C15H19N3O/c1-2-3-10-19-13-7-5-4-6-11(13)12-8-9-14(16)18-15(12)17/h4-9H,2-3,10H2,1H3,(H4,16,17,18). The Bertz CT molecular complexity index is 555. The molecule has 0 aliphatic rings. The Hall–Kier alpha value is -2.23. The van der Waals surface area contributed by atoms with Gasteiger partial charge in [0.1, 0.15) is 17.4 Å². The first kappa shape index (κ1) is 13.2. The molecule has 1 heterocycles. The van der Waals surface area contributed by atoms with E-state index in [0.29, 0.717) is 18.2 Å². The monoisotopic (exact) mass is 257 g/mol. The lowest BCUT2D eigenvalue weighted by molar-refractivity contribution is 0.310. The summed E-state index contributed by atoms with van der Waals surface area (Å²) in [6.45, 7) is 2.84. The Labute approximate surface area is 113 Å². The Morgan fingerprint density at radius 2 is 1.84 bits per heavy atom. The van der Waals surface area contributed by atoms with Crippen molar-refractivity contribution in [3.8, 4) is 16.9 Å². The van der Waals surface area contributed by atoms with Crippen molar-refractivity contribution in [1.29, 1.82) is 0 Å². The van der Waals surface area contributed by atoms with E-state index in [1.807, 2.05) is 30.3 Å². The average Bonchev–Trinajstić information content (AvgIpc) is 2.40. The van der Waals surface area contributed by atoms with Crippen molar-refractivity contribution in [1.82, 2.24) is 4.98 Å². The number of nitrogens with zero attached hydrogens (tertiary/aromatic N) is 1. The van der Waals surface area contributed by atoms with Crippen LogP contribution in [-0.2, 0) is 0 Å². The van der Waals surface area contributed by atoms with Gasteiger partial charge in [-0.15, -0.1) is 0 Å². The van der Waals surface area contributed by atoms with E-state index in [0.717, 1.165) is 29.7 Å². The first-order valence-electron chi connectivity index (χ1n) is 6.46. The number of hydrogen-bond donors (Lipinski definition) is 2. The van der Waals surface area contributed by atoms with E-state index in [4.69, 9.17) is 16.2 Å². The van der Waals surface area contributed by atoms with Crippen molar-refractivity contribution in [2.24, 2.45) is 0 Å². The molecule has 4 N–H and O–H groups in total. The molecular weight excluding hydrogens is 238 g/mol. The molecule has 0 aliphatic carbocycles. The molecule has 0 saturated carbocycles. The maximum atomic E-state index is 5.93. The van der Waals surface area contributed by atoms with Crippen molar-refractivity contribution in [3.05, 3.63) is 36.4 Å². The molecule has 2 rings (SSSR count). The van der Waals surface area contributed by atoms with E-state index in [1.54, 1.807) is 6.07 Å². The highest BCUT2D eigenvalue weighted by molar-refractivity contribution is 5.79. The van der Waals surface area contributed by atoms with Crippen LogP contribution in [-0.4, -0.2) is 11.6 Å². The molecule has 0 amide bonds. The molecule has 0 saturated heterocycles. The van der Waals surface area contributed by atoms with Crippen molar-refractivity contribution >= 4 is 11.6 Å². The molecule has 1 aromatic heterocycles. The lowest BCUT2D eigenvalue weighted by Crippen LogP contribution is -2.01. The van der Waals surface area contributed by atoms with Crippen molar-refractivity contribution in [3.63, 3.8) is 0 Å². The van der Waals surface area contributed by atoms with Gasteiger partial charge in [0.25, 0.3) is 0 Å². The van der Waals surface area contributed by atoms with Gasteiger partial charge in [-0.3, -0.25) is 0 Å². The fourth-order valence-corrected chi connectivity index (χ4v) is 1.86. The highest BCUT2D eigenvalue weighted by atomic mass is 16.5. The van der Waals surface area contributed by atoms with Gasteiger partial charge >= 0.3 is 0 Å². The highest BCUT2D eigenvalue weighted by Crippen LogP contribution is 2.33. The smallest absolute Gasteiger partial charge is 0.133 e. The molecule has 0 bridgehead atoms. The topological polar surface area (TPSA) is 74.2 Å². The van der Waals surface area contributed by atoms with Crippen LogP contribution in [0.2, 0.25) is 0 Å². The van der Waals surface area contributed by atoms with Crippen molar-refractivity contribution < 1.29 is 4.74 Å². The SMILES string of the molecule is CCCCOc1ccccc1-c1ccc(N)nc1N. The second kappa shape index (κ2) is 6.09. The number of benzene rings is 1. The van der Waals surface area contributed by atoms with E-state index in [2.05, 4.69) is 11.9 Å². The van der Waals surface area contributed by atoms with Gasteiger partial charge in [0.2, 0.25) is 0 Å². The predicted octanol–water partition coefficient (Wildman–Crippen LogP) is 3.09. The number of pyridine rings is 1. The molecule has 19 heavy (non-hydrogen) atoms. The van der Waals surface area contributed by atoms with Gasteiger partial charge in [-0.25, -0.2) is 4.98 Å². The largest absolute Gasteiger partial charge is 0.493 e. The summed E-state index contributed by atoms with van der Waals surface area (Å²) >= 11 is 0. The van der Waals surface area contributed by atoms with Crippen LogP contribution in [0.15, 0.2) is 36.4 Å². The number of nitrogens with two attached hydrogens (primary N) is 2. The summed E-state index contributed by atoms with van der Waals surface area (Å²) < 4.78 is 5.80. The van der Waals surface area contributed by atoms with Gasteiger partial charge in [-0.05, 0) is 24.6 Å². The normalized spacial score (nSPS) is 10.4. The Morgan fingerprint density at radius 3 is 2.58 bits per heavy atom. The number of ether oxygens (including phenoxy) is 1. The third-order valence-electron chi connectivity index (χ3n) is 2.88. The van der Waals surface area contributed by atoms with Crippen LogP contribution >= 0.6 is 0 Å². The molecule has 1 aromatic carbocycles. The molecule has 0 atom stereocenters. The van der Waals surface area contributed by atoms with Gasteiger partial charge in [0.05, 0.1) is 6.61 Å². The van der Waals surface area contributed by atoms with Crippen LogP contribution in [0.5, 0.6) is 5.75 Å². The first-order chi connectivity index (χ1) is 9.22. The number of anilines is 2. The molecule has 0 unspecified atom stereocenters. The Balaban J connectivity index is 2.33. The number of aromatic nitrogens is 1. The maximum absolute atomic E-state index is 5.93. The van der Waals surface area contributed by atoms with E-state index in [-0.39, 0.29) is 0 Å². The number of para-hydroxylation sites is 1. The summed E-state index contributed by atoms with van der Waals surface area (Å²) in [5.74, 6) is 1.67. The minimum absolute atomic E-state index is 0.422. The lowest BCUT2D eigenvalue weighted by atomic mass is 10.1. The molecule has 0 aliphatic heterocycles. The Morgan fingerprint density at radius 1 is 1.05 bits per heavy atom. The summed E-state index contributed by atoms with van der Waals surface area (Å²) in [5.41, 5.74) is 13.3. The summed E-state index contributed by atoms with van der Waals surface area (Å²) in [4.78, 5) is 4.09. The van der Waals surface area contributed by atoms with Crippen molar-refractivity contribution in [2.45, 2.75) is 19.8 Å². The van der Waals surface area contributed by atoms with Crippen LogP contribution in [0.25, 0.3) is 11.1 Å². The van der Waals surface area contributed by atoms with Crippen LogP contribution in [0.1, 0.15) is 19.8 Å². The molecule has 4 nitrogen and oxygen atoms in total. The zero-order valence-corrected chi connectivity index (χ0v) is 11.1. The fourth-order valence-electron chi connectivity index (χ4n) is 1.86. The van der Waals surface area contributed by atoms with Crippen LogP contribution in [0, 0.1) is 0 Å². The third-order valence-corrected chi connectivity index (χ3v) is 2.88. The van der Waals surface area contributed by atoms with Crippen molar-refractivity contribution in [2.75, 3.05) is 18.1 Å². The summed E-state index contributed by atoms with van der Waals surface area (Å²) in [6.07, 6.45) is 2.14. The minimum Gasteiger partial charge on any atom is -0.493 e. The molecule has 4 heteroatoms. The molecule has 0 spiro atoms. The van der Waals surface area contributed by atoms with Crippen LogP contribution < -0.4 is 16.2 Å². The van der Waals surface area contributed by atoms with Gasteiger partial charge in [-0.1, -0.05) is 31.5 Å². The van der Waals surface area contributed by atoms with Gasteiger partial charge in [-0.2, -0.15) is 0 Å². The number of rotatable bonds is 5. The quantitative estimate of drug-likeness (QED) is 0.807. The van der Waals surface area contributed by atoms with Crippen LogP contribution in [0.3, 0.4) is 0 Å². The molecule has 0 radical (unpaired) electrons. The van der Waals surface area contributed by atoms with E-state index < -0.39 is 0 Å². The molecular formula is C15H19N3O. The first-order valence-corrected chi connectivity index (χ1v) is 6.46. The highest BCUT2D eigenvalue weighted by Gasteiger charge is 2.09. The fraction of sp³-hybridized carbons (Fsp3) is 0.267. The van der Waals surface area contributed by atoms with Gasteiger partial charge in [0, 0.05) is 11.1 Å². The molecule has 0 fully saturated rings. The zero-order chi connectivity index (χ0) is 13.7. The Kier molecular flexibility index (Phi) is 4.23. The molecule has 100 valence electrons.